The number of ketones is 1. The van der Waals surface area contributed by atoms with E-state index in [9.17, 15) is 4.79 Å². The zero-order valence-corrected chi connectivity index (χ0v) is 10.1. The van der Waals surface area contributed by atoms with Crippen molar-refractivity contribution in [2.75, 3.05) is 0 Å². The second-order valence-electron chi connectivity index (χ2n) is 4.98. The molecule has 17 heavy (non-hydrogen) atoms. The highest BCUT2D eigenvalue weighted by Gasteiger charge is 2.24. The molecule has 0 fully saturated rings. The Bertz CT molecular complexity index is 529. The highest BCUT2D eigenvalue weighted by atomic mass is 16.1. The maximum absolute atomic E-state index is 11.7. The third-order valence-electron chi connectivity index (χ3n) is 3.77. The summed E-state index contributed by atoms with van der Waals surface area (Å²) in [5.41, 5.74) is 6.25. The Morgan fingerprint density at radius 1 is 0.941 bits per heavy atom. The number of aryl methyl sites for hydroxylation is 1. The second-order valence-corrected chi connectivity index (χ2v) is 4.98. The molecule has 1 nitrogen and oxygen atoms in total. The molecule has 2 aliphatic rings. The van der Waals surface area contributed by atoms with Crippen LogP contribution in [0.4, 0.5) is 0 Å². The third-order valence-corrected chi connectivity index (χ3v) is 3.77. The van der Waals surface area contributed by atoms with E-state index in [1.165, 1.54) is 22.3 Å². The van der Waals surface area contributed by atoms with Gasteiger partial charge in [-0.1, -0.05) is 35.4 Å². The fourth-order valence-electron chi connectivity index (χ4n) is 2.70. The molecule has 86 valence electrons. The molecule has 0 heterocycles. The van der Waals surface area contributed by atoms with Crippen molar-refractivity contribution in [3.63, 3.8) is 0 Å². The van der Waals surface area contributed by atoms with Crippen LogP contribution in [0.3, 0.4) is 0 Å². The van der Waals surface area contributed by atoms with Crippen molar-refractivity contribution in [3.8, 4) is 0 Å². The van der Waals surface area contributed by atoms with E-state index in [0.29, 0.717) is 5.78 Å². The van der Waals surface area contributed by atoms with Crippen molar-refractivity contribution in [1.82, 2.24) is 0 Å². The van der Waals surface area contributed by atoms with Crippen LogP contribution in [-0.4, -0.2) is 5.78 Å². The summed E-state index contributed by atoms with van der Waals surface area (Å²) in [6.45, 7) is 2.10. The number of hydrogen-bond acceptors (Lipinski definition) is 1. The highest BCUT2D eigenvalue weighted by Crippen LogP contribution is 2.37. The van der Waals surface area contributed by atoms with Crippen LogP contribution in [0.5, 0.6) is 0 Å². The fraction of sp³-hybridized carbons (Fsp3) is 0.312. The van der Waals surface area contributed by atoms with E-state index in [1.807, 2.05) is 0 Å². The fourth-order valence-corrected chi connectivity index (χ4v) is 2.70. The number of carbonyl (C=O) groups is 1. The first-order valence-electron chi connectivity index (χ1n) is 6.27. The summed E-state index contributed by atoms with van der Waals surface area (Å²) in [5.74, 6) is 0.337. The first-order valence-corrected chi connectivity index (χ1v) is 6.27. The third kappa shape index (κ3) is 1.86. The number of allylic oxidation sites excluding steroid dienone is 4. The summed E-state index contributed by atoms with van der Waals surface area (Å²) in [6.07, 6.45) is 5.99. The van der Waals surface area contributed by atoms with Gasteiger partial charge in [-0.05, 0) is 43.4 Å². The molecule has 1 aromatic carbocycles. The van der Waals surface area contributed by atoms with E-state index >= 15 is 0 Å². The molecular weight excluding hydrogens is 208 g/mol. The van der Waals surface area contributed by atoms with Crippen molar-refractivity contribution in [2.24, 2.45) is 0 Å². The summed E-state index contributed by atoms with van der Waals surface area (Å²) >= 11 is 0. The lowest BCUT2D eigenvalue weighted by atomic mass is 9.89. The molecule has 1 heteroatoms. The summed E-state index contributed by atoms with van der Waals surface area (Å²) < 4.78 is 0. The Hall–Kier alpha value is -1.63. The van der Waals surface area contributed by atoms with Crippen LogP contribution < -0.4 is 0 Å². The van der Waals surface area contributed by atoms with E-state index in [-0.39, 0.29) is 0 Å². The van der Waals surface area contributed by atoms with Crippen molar-refractivity contribution < 1.29 is 4.79 Å². The van der Waals surface area contributed by atoms with Gasteiger partial charge in [0.15, 0.2) is 5.78 Å². The van der Waals surface area contributed by atoms with Gasteiger partial charge in [-0.25, -0.2) is 0 Å². The smallest absolute Gasteiger partial charge is 0.163 e. The zero-order chi connectivity index (χ0) is 11.8. The average Bonchev–Trinajstić information content (AvgIpc) is 2.72. The van der Waals surface area contributed by atoms with Gasteiger partial charge < -0.3 is 0 Å². The molecule has 0 atom stereocenters. The van der Waals surface area contributed by atoms with Gasteiger partial charge in [-0.3, -0.25) is 4.79 Å². The molecule has 0 spiro atoms. The normalized spacial score (nSPS) is 19.4. The van der Waals surface area contributed by atoms with Gasteiger partial charge in [0, 0.05) is 12.0 Å². The quantitative estimate of drug-likeness (QED) is 0.708. The molecule has 2 aliphatic carbocycles. The molecular formula is C16H16O. The summed E-state index contributed by atoms with van der Waals surface area (Å²) in [4.78, 5) is 11.7. The van der Waals surface area contributed by atoms with Crippen molar-refractivity contribution in [2.45, 2.75) is 32.6 Å². The van der Waals surface area contributed by atoms with Crippen LogP contribution in [0.15, 0.2) is 41.5 Å². The minimum Gasteiger partial charge on any atom is -0.294 e. The predicted molar refractivity (Wildman–Crippen MR) is 69.7 cm³/mol. The van der Waals surface area contributed by atoms with Gasteiger partial charge >= 0.3 is 0 Å². The number of rotatable bonds is 1. The SMILES string of the molecule is Cc1ccc(C2=CC3=C(CCC3=O)CC2)cc1. The van der Waals surface area contributed by atoms with E-state index in [1.54, 1.807) is 0 Å². The standard InChI is InChI=1S/C16H16O/c1-11-2-4-12(5-3-11)14-7-6-13-8-9-16(17)15(13)10-14/h2-5,10H,6-9H2,1H3. The topological polar surface area (TPSA) is 17.1 Å². The Balaban J connectivity index is 1.98. The van der Waals surface area contributed by atoms with E-state index in [2.05, 4.69) is 37.3 Å². The molecule has 0 N–H and O–H groups in total. The molecule has 0 amide bonds. The molecule has 3 rings (SSSR count). The van der Waals surface area contributed by atoms with Crippen molar-refractivity contribution >= 4 is 11.4 Å². The van der Waals surface area contributed by atoms with Crippen LogP contribution in [0.2, 0.25) is 0 Å². The van der Waals surface area contributed by atoms with Gasteiger partial charge in [0.25, 0.3) is 0 Å². The highest BCUT2D eigenvalue weighted by molar-refractivity contribution is 6.03. The lowest BCUT2D eigenvalue weighted by Crippen LogP contribution is -2.00. The maximum Gasteiger partial charge on any atom is 0.163 e. The zero-order valence-electron chi connectivity index (χ0n) is 10.1. The first-order chi connectivity index (χ1) is 8.24. The molecule has 1 aromatic rings. The number of Topliss-reactive ketones (excluding diaryl/α,β-unsaturated/α-hetero) is 1. The minimum atomic E-state index is 0.337. The van der Waals surface area contributed by atoms with Gasteiger partial charge in [-0.15, -0.1) is 0 Å². The Kier molecular flexibility index (Phi) is 2.47. The second kappa shape index (κ2) is 3.99. The largest absolute Gasteiger partial charge is 0.294 e. The molecule has 0 saturated carbocycles. The van der Waals surface area contributed by atoms with Crippen LogP contribution in [-0.2, 0) is 4.79 Å². The Morgan fingerprint density at radius 3 is 2.41 bits per heavy atom. The lowest BCUT2D eigenvalue weighted by molar-refractivity contribution is -0.114. The molecule has 0 bridgehead atoms. The monoisotopic (exact) mass is 224 g/mol. The molecule has 0 aromatic heterocycles. The van der Waals surface area contributed by atoms with Gasteiger partial charge in [-0.2, -0.15) is 0 Å². The van der Waals surface area contributed by atoms with E-state index < -0.39 is 0 Å². The van der Waals surface area contributed by atoms with Crippen LogP contribution in [0.1, 0.15) is 36.8 Å². The average molecular weight is 224 g/mol. The summed E-state index contributed by atoms with van der Waals surface area (Å²) in [5, 5.41) is 0. The van der Waals surface area contributed by atoms with Gasteiger partial charge in [0.1, 0.15) is 0 Å². The lowest BCUT2D eigenvalue weighted by Gasteiger charge is -2.15. The maximum atomic E-state index is 11.7. The van der Waals surface area contributed by atoms with E-state index in [4.69, 9.17) is 0 Å². The first kappa shape index (κ1) is 10.5. The van der Waals surface area contributed by atoms with Gasteiger partial charge in [0.05, 0.1) is 0 Å². The number of benzene rings is 1. The molecule has 0 saturated heterocycles. The summed E-state index contributed by atoms with van der Waals surface area (Å²) in [7, 11) is 0. The minimum absolute atomic E-state index is 0.337. The van der Waals surface area contributed by atoms with Gasteiger partial charge in [0.2, 0.25) is 0 Å². The Morgan fingerprint density at radius 2 is 1.65 bits per heavy atom. The van der Waals surface area contributed by atoms with Crippen LogP contribution >= 0.6 is 0 Å². The predicted octanol–water partition coefficient (Wildman–Crippen LogP) is 3.83. The molecule has 0 aliphatic heterocycles. The molecule has 0 radical (unpaired) electrons. The van der Waals surface area contributed by atoms with Crippen molar-refractivity contribution in [3.05, 3.63) is 52.6 Å². The van der Waals surface area contributed by atoms with Crippen LogP contribution in [0, 0.1) is 6.92 Å². The number of carbonyl (C=O) groups excluding carboxylic acids is 1. The Labute approximate surface area is 102 Å². The molecule has 0 unspecified atom stereocenters. The summed E-state index contributed by atoms with van der Waals surface area (Å²) in [6, 6.07) is 8.59. The number of hydrogen-bond donors (Lipinski definition) is 0. The van der Waals surface area contributed by atoms with Crippen LogP contribution in [0.25, 0.3) is 5.57 Å². The van der Waals surface area contributed by atoms with Crippen molar-refractivity contribution in [1.29, 1.82) is 0 Å². The van der Waals surface area contributed by atoms with E-state index in [0.717, 1.165) is 31.3 Å².